The largest absolute Gasteiger partial charge is 0.495 e. The van der Waals surface area contributed by atoms with Gasteiger partial charge in [-0.1, -0.05) is 6.07 Å². The van der Waals surface area contributed by atoms with Crippen molar-refractivity contribution in [2.24, 2.45) is 0 Å². The van der Waals surface area contributed by atoms with Gasteiger partial charge in [0.15, 0.2) is 0 Å². The Morgan fingerprint density at radius 2 is 1.78 bits per heavy atom. The van der Waals surface area contributed by atoms with Crippen LogP contribution in [-0.4, -0.2) is 50.2 Å². The second kappa shape index (κ2) is 6.68. The molecule has 0 aliphatic carbocycles. The molecule has 7 nitrogen and oxygen atoms in total. The third kappa shape index (κ3) is 5.38. The number of hydrogen-bond donors (Lipinski definition) is 3. The molecule has 0 amide bonds. The molecule has 0 atom stereocenters. The Labute approximate surface area is 137 Å². The van der Waals surface area contributed by atoms with Crippen molar-refractivity contribution in [1.29, 1.82) is 0 Å². The Morgan fingerprint density at radius 3 is 2.22 bits per heavy atom. The minimum Gasteiger partial charge on any atom is -0.495 e. The molecule has 0 spiro atoms. The van der Waals surface area contributed by atoms with E-state index < -0.39 is 28.3 Å². The van der Waals surface area contributed by atoms with Crippen molar-refractivity contribution in [3.8, 4) is 5.75 Å². The average Bonchev–Trinajstić information content (AvgIpc) is 2.34. The maximum atomic E-state index is 11.4. The molecule has 9 heteroatoms. The molecule has 0 fully saturated rings. The topological polar surface area (TPSA) is 105 Å². The van der Waals surface area contributed by atoms with Gasteiger partial charge in [-0.25, -0.2) is 8.42 Å². The summed E-state index contributed by atoms with van der Waals surface area (Å²) in [5, 5.41) is 20.3. The van der Waals surface area contributed by atoms with Gasteiger partial charge in [-0.15, -0.1) is 0 Å². The highest BCUT2D eigenvalue weighted by Crippen LogP contribution is 2.27. The lowest BCUT2D eigenvalue weighted by molar-refractivity contribution is -0.0982. The molecule has 0 aromatic heterocycles. The number of hydrogen-bond acceptors (Lipinski definition) is 6. The van der Waals surface area contributed by atoms with E-state index in [-0.39, 0.29) is 5.69 Å². The summed E-state index contributed by atoms with van der Waals surface area (Å²) in [5.74, 6) is 0.313. The molecule has 23 heavy (non-hydrogen) atoms. The van der Waals surface area contributed by atoms with Gasteiger partial charge in [0.05, 0.1) is 30.3 Å². The molecule has 0 heterocycles. The number of aliphatic hydroxyl groups is 1. The molecule has 0 bridgehead atoms. The van der Waals surface area contributed by atoms with Gasteiger partial charge in [-0.05, 0) is 45.3 Å². The van der Waals surface area contributed by atoms with Gasteiger partial charge in [-0.2, -0.15) is 0 Å². The fourth-order valence-corrected chi connectivity index (χ4v) is 2.21. The van der Waals surface area contributed by atoms with Crippen LogP contribution in [0.1, 0.15) is 27.7 Å². The average molecular weight is 345 g/mol. The van der Waals surface area contributed by atoms with Gasteiger partial charge in [-0.3, -0.25) is 4.72 Å². The Balaban J connectivity index is 3.11. The van der Waals surface area contributed by atoms with E-state index in [1.54, 1.807) is 33.8 Å². The molecule has 0 saturated carbocycles. The molecule has 0 aliphatic rings. The van der Waals surface area contributed by atoms with Gasteiger partial charge < -0.3 is 19.5 Å². The number of ether oxygens (including phenoxy) is 1. The highest BCUT2D eigenvalue weighted by atomic mass is 32.2. The Bertz CT molecular complexity index is 654. The van der Waals surface area contributed by atoms with E-state index in [0.29, 0.717) is 11.2 Å². The van der Waals surface area contributed by atoms with Crippen LogP contribution in [-0.2, 0) is 14.7 Å². The third-order valence-electron chi connectivity index (χ3n) is 3.68. The highest BCUT2D eigenvalue weighted by Gasteiger charge is 2.39. The Kier molecular flexibility index (Phi) is 5.74. The molecule has 0 saturated heterocycles. The molecule has 1 rings (SSSR count). The predicted octanol–water partition coefficient (Wildman–Crippen LogP) is 0.320. The summed E-state index contributed by atoms with van der Waals surface area (Å²) in [6.45, 7) is 6.44. The summed E-state index contributed by atoms with van der Waals surface area (Å²) in [6.07, 6.45) is 1.02. The molecule has 1 aromatic carbocycles. The van der Waals surface area contributed by atoms with Crippen molar-refractivity contribution in [2.75, 3.05) is 18.1 Å². The summed E-state index contributed by atoms with van der Waals surface area (Å²) < 4.78 is 35.8. The Hall–Kier alpha value is -1.29. The summed E-state index contributed by atoms with van der Waals surface area (Å²) in [4.78, 5) is 0. The minimum atomic E-state index is -3.50. The minimum absolute atomic E-state index is 0.191. The first-order chi connectivity index (χ1) is 10.3. The molecule has 0 radical (unpaired) electrons. The van der Waals surface area contributed by atoms with Crippen molar-refractivity contribution in [1.82, 2.24) is 0 Å². The van der Waals surface area contributed by atoms with Gasteiger partial charge in [0.25, 0.3) is 0 Å². The first kappa shape index (κ1) is 19.8. The second-order valence-corrected chi connectivity index (χ2v) is 8.12. The van der Waals surface area contributed by atoms with E-state index >= 15 is 0 Å². The van der Waals surface area contributed by atoms with Crippen molar-refractivity contribution in [3.63, 3.8) is 0 Å². The van der Waals surface area contributed by atoms with Crippen LogP contribution in [0.2, 0.25) is 0 Å². The van der Waals surface area contributed by atoms with Crippen LogP contribution in [0.4, 0.5) is 5.69 Å². The number of nitrogens with one attached hydrogen (secondary N) is 1. The van der Waals surface area contributed by atoms with Gasteiger partial charge in [0, 0.05) is 0 Å². The zero-order valence-corrected chi connectivity index (χ0v) is 15.1. The third-order valence-corrected chi connectivity index (χ3v) is 4.27. The number of benzene rings is 1. The Morgan fingerprint density at radius 1 is 1.22 bits per heavy atom. The van der Waals surface area contributed by atoms with Crippen LogP contribution < -0.4 is 14.9 Å². The zero-order valence-electron chi connectivity index (χ0n) is 14.2. The molecule has 3 N–H and O–H groups in total. The quantitative estimate of drug-likeness (QED) is 0.615. The number of sulfonamides is 1. The van der Waals surface area contributed by atoms with Crippen LogP contribution in [0, 0.1) is 0 Å². The zero-order chi connectivity index (χ0) is 18.1. The van der Waals surface area contributed by atoms with E-state index in [2.05, 4.69) is 4.72 Å². The lowest BCUT2D eigenvalue weighted by Crippen LogP contribution is -2.53. The summed E-state index contributed by atoms with van der Waals surface area (Å²) in [7, 11) is -3.44. The SMILES string of the molecule is COc1ccc(B(O)OC(C)(C)C(C)(C)O)cc1NS(C)(=O)=O. The highest BCUT2D eigenvalue weighted by molar-refractivity contribution is 7.92. The van der Waals surface area contributed by atoms with Crippen LogP contribution in [0.5, 0.6) is 5.75 Å². The predicted molar refractivity (Wildman–Crippen MR) is 90.5 cm³/mol. The lowest BCUT2D eigenvalue weighted by Gasteiger charge is -2.38. The lowest BCUT2D eigenvalue weighted by atomic mass is 9.76. The molecule has 0 unspecified atom stereocenters. The second-order valence-electron chi connectivity index (χ2n) is 6.37. The van der Waals surface area contributed by atoms with Crippen LogP contribution >= 0.6 is 0 Å². The first-order valence-electron chi connectivity index (χ1n) is 7.01. The van der Waals surface area contributed by atoms with Gasteiger partial charge in [0.1, 0.15) is 5.75 Å². The smallest absolute Gasteiger partial charge is 0.491 e. The molecule has 1 aromatic rings. The van der Waals surface area contributed by atoms with Gasteiger partial charge in [0.2, 0.25) is 10.0 Å². The molecular formula is C14H24BNO6S. The van der Waals surface area contributed by atoms with E-state index in [1.807, 2.05) is 0 Å². The summed E-state index contributed by atoms with van der Waals surface area (Å²) >= 11 is 0. The molecule has 0 aliphatic heterocycles. The summed E-state index contributed by atoms with van der Waals surface area (Å²) in [5.41, 5.74) is -1.70. The fourth-order valence-electron chi connectivity index (χ4n) is 1.65. The molecular weight excluding hydrogens is 321 g/mol. The van der Waals surface area contributed by atoms with E-state index in [4.69, 9.17) is 9.39 Å². The van der Waals surface area contributed by atoms with Gasteiger partial charge >= 0.3 is 7.12 Å². The first-order valence-corrected chi connectivity index (χ1v) is 8.90. The van der Waals surface area contributed by atoms with E-state index in [0.717, 1.165) is 6.26 Å². The van der Waals surface area contributed by atoms with Crippen molar-refractivity contribution < 1.29 is 27.9 Å². The number of rotatable bonds is 7. The van der Waals surface area contributed by atoms with Crippen LogP contribution in [0.3, 0.4) is 0 Å². The monoisotopic (exact) mass is 345 g/mol. The normalized spacial score (nSPS) is 12.9. The fraction of sp³-hybridized carbons (Fsp3) is 0.571. The maximum absolute atomic E-state index is 11.4. The standard InChI is InChI=1S/C14H24BNO6S/c1-13(2,17)14(3,4)22-15(18)10-7-8-12(21-5)11(9-10)16-23(6,19)20/h7-9,16-18H,1-6H3. The van der Waals surface area contributed by atoms with Crippen LogP contribution in [0.15, 0.2) is 18.2 Å². The van der Waals surface area contributed by atoms with Crippen LogP contribution in [0.25, 0.3) is 0 Å². The summed E-state index contributed by atoms with van der Waals surface area (Å²) in [6, 6.07) is 4.49. The van der Waals surface area contributed by atoms with E-state index in [9.17, 15) is 18.5 Å². The maximum Gasteiger partial charge on any atom is 0.491 e. The molecule has 130 valence electrons. The number of methoxy groups -OCH3 is 1. The van der Waals surface area contributed by atoms with Crippen molar-refractivity contribution in [3.05, 3.63) is 18.2 Å². The van der Waals surface area contributed by atoms with Crippen molar-refractivity contribution >= 4 is 28.3 Å². The van der Waals surface area contributed by atoms with Crippen molar-refractivity contribution in [2.45, 2.75) is 38.9 Å². The number of anilines is 1. The van der Waals surface area contributed by atoms with E-state index in [1.165, 1.54) is 19.2 Å².